The van der Waals surface area contributed by atoms with Crippen LogP contribution in [0.5, 0.6) is 0 Å². The summed E-state index contributed by atoms with van der Waals surface area (Å²) < 4.78 is 7.33. The first-order chi connectivity index (χ1) is 13.8. The summed E-state index contributed by atoms with van der Waals surface area (Å²) in [6.45, 7) is 5.34. The van der Waals surface area contributed by atoms with Crippen molar-refractivity contribution < 1.29 is 19.1 Å². The number of nitriles is 1. The smallest absolute Gasteiger partial charge is 0.349 e. The minimum Gasteiger partial charge on any atom is -0.448 e. The Morgan fingerprint density at radius 3 is 2.52 bits per heavy atom. The summed E-state index contributed by atoms with van der Waals surface area (Å²) in [6, 6.07) is 3.54. The fourth-order valence-electron chi connectivity index (χ4n) is 3.70. The van der Waals surface area contributed by atoms with Crippen LogP contribution < -0.4 is 10.6 Å². The molecule has 0 radical (unpaired) electrons. The van der Waals surface area contributed by atoms with Gasteiger partial charge in [-0.05, 0) is 51.3 Å². The first-order valence-corrected chi connectivity index (χ1v) is 9.82. The molecule has 1 fully saturated rings. The number of aryl methyl sites for hydroxylation is 1. The molecule has 3 amide bonds. The molecule has 2 N–H and O–H groups in total. The third kappa shape index (κ3) is 5.47. The van der Waals surface area contributed by atoms with Gasteiger partial charge in [0.25, 0.3) is 5.91 Å². The van der Waals surface area contributed by atoms with Gasteiger partial charge in [-0.15, -0.1) is 0 Å². The van der Waals surface area contributed by atoms with Crippen LogP contribution in [-0.4, -0.2) is 35.6 Å². The number of urea groups is 1. The van der Waals surface area contributed by atoms with Crippen molar-refractivity contribution >= 4 is 24.0 Å². The Balaban J connectivity index is 2.17. The number of carbonyl (C=O) groups is 3. The number of aromatic nitrogens is 1. The number of nitrogens with zero attached hydrogens (tertiary/aromatic N) is 2. The lowest BCUT2D eigenvalue weighted by molar-refractivity contribution is -0.150. The van der Waals surface area contributed by atoms with Crippen LogP contribution in [0.3, 0.4) is 0 Å². The molecular weight excluding hydrogens is 372 g/mol. The van der Waals surface area contributed by atoms with E-state index in [-0.39, 0.29) is 5.57 Å². The molecule has 156 valence electrons. The fraction of sp³-hybridized carbons (Fsp3) is 0.524. The number of carbonyl (C=O) groups excluding carboxylic acids is 3. The highest BCUT2D eigenvalue weighted by Crippen LogP contribution is 2.32. The van der Waals surface area contributed by atoms with Crippen molar-refractivity contribution in [3.05, 3.63) is 28.6 Å². The van der Waals surface area contributed by atoms with Crippen molar-refractivity contribution in [1.29, 1.82) is 5.26 Å². The molecule has 1 aromatic heterocycles. The number of ether oxygens (including phenoxy) is 1. The molecule has 29 heavy (non-hydrogen) atoms. The SMILES string of the molecule is CNC(=O)NC(=O)[C@H](C)OC(=O)/C(C#N)=C/c1cc(C)n(C2CCCCC2)c1C. The van der Waals surface area contributed by atoms with Gasteiger partial charge in [0.2, 0.25) is 0 Å². The van der Waals surface area contributed by atoms with Crippen LogP contribution in [0, 0.1) is 25.2 Å². The fourth-order valence-corrected chi connectivity index (χ4v) is 3.70. The van der Waals surface area contributed by atoms with Gasteiger partial charge in [0, 0.05) is 24.5 Å². The molecule has 2 rings (SSSR count). The lowest BCUT2D eigenvalue weighted by atomic mass is 9.95. The van der Waals surface area contributed by atoms with Gasteiger partial charge < -0.3 is 14.6 Å². The van der Waals surface area contributed by atoms with Gasteiger partial charge in [-0.3, -0.25) is 10.1 Å². The third-order valence-electron chi connectivity index (χ3n) is 5.22. The second kappa shape index (κ2) is 9.92. The van der Waals surface area contributed by atoms with Crippen LogP contribution in [0.1, 0.15) is 62.0 Å². The molecule has 1 aliphatic rings. The number of nitrogens with one attached hydrogen (secondary N) is 2. The van der Waals surface area contributed by atoms with E-state index >= 15 is 0 Å². The number of rotatable bonds is 5. The zero-order valence-electron chi connectivity index (χ0n) is 17.4. The van der Waals surface area contributed by atoms with Crippen LogP contribution >= 0.6 is 0 Å². The van der Waals surface area contributed by atoms with E-state index in [1.54, 1.807) is 0 Å². The maximum atomic E-state index is 12.4. The predicted molar refractivity (Wildman–Crippen MR) is 108 cm³/mol. The topological polar surface area (TPSA) is 113 Å². The Kier molecular flexibility index (Phi) is 7.59. The van der Waals surface area contributed by atoms with Crippen molar-refractivity contribution in [3.63, 3.8) is 0 Å². The van der Waals surface area contributed by atoms with E-state index in [1.165, 1.54) is 39.3 Å². The lowest BCUT2D eigenvalue weighted by Crippen LogP contribution is -2.43. The van der Waals surface area contributed by atoms with Crippen LogP contribution in [0.15, 0.2) is 11.6 Å². The summed E-state index contributed by atoms with van der Waals surface area (Å²) in [7, 11) is 1.36. The summed E-state index contributed by atoms with van der Waals surface area (Å²) in [6.07, 6.45) is 6.21. The standard InChI is InChI=1S/C21H28N4O4/c1-13-10-16(14(2)25(13)18-8-6-5-7-9-18)11-17(12-22)20(27)29-15(3)19(26)24-21(28)23-4/h10-11,15,18H,5-9H2,1-4H3,(H2,23,24,26,28)/b17-11+/t15-/m0/s1. The summed E-state index contributed by atoms with van der Waals surface area (Å²) in [5.74, 6) is -1.68. The van der Waals surface area contributed by atoms with Crippen molar-refractivity contribution in [2.45, 2.75) is 65.0 Å². The van der Waals surface area contributed by atoms with E-state index in [4.69, 9.17) is 4.74 Å². The minimum absolute atomic E-state index is 0.200. The second-order valence-corrected chi connectivity index (χ2v) is 7.27. The zero-order chi connectivity index (χ0) is 21.6. The predicted octanol–water partition coefficient (Wildman–Crippen LogP) is 2.90. The molecule has 8 nitrogen and oxygen atoms in total. The van der Waals surface area contributed by atoms with Gasteiger partial charge in [-0.25, -0.2) is 9.59 Å². The Morgan fingerprint density at radius 1 is 1.28 bits per heavy atom. The van der Waals surface area contributed by atoms with Crippen LogP contribution in [0.4, 0.5) is 4.79 Å². The monoisotopic (exact) mass is 400 g/mol. The quantitative estimate of drug-likeness (QED) is 0.448. The number of amides is 3. The van der Waals surface area contributed by atoms with Crippen molar-refractivity contribution in [1.82, 2.24) is 15.2 Å². The first-order valence-electron chi connectivity index (χ1n) is 9.82. The summed E-state index contributed by atoms with van der Waals surface area (Å²) in [5.41, 5.74) is 2.67. The Morgan fingerprint density at radius 2 is 1.93 bits per heavy atom. The van der Waals surface area contributed by atoms with E-state index in [0.29, 0.717) is 6.04 Å². The largest absolute Gasteiger partial charge is 0.448 e. The average Bonchev–Trinajstić information content (AvgIpc) is 2.99. The van der Waals surface area contributed by atoms with Crippen molar-refractivity contribution in [3.8, 4) is 6.07 Å². The molecule has 8 heteroatoms. The summed E-state index contributed by atoms with van der Waals surface area (Å²) >= 11 is 0. The third-order valence-corrected chi connectivity index (χ3v) is 5.22. The molecule has 1 aromatic rings. The molecule has 1 saturated carbocycles. The second-order valence-electron chi connectivity index (χ2n) is 7.27. The normalized spacial score (nSPS) is 15.9. The van der Waals surface area contributed by atoms with E-state index in [9.17, 15) is 19.6 Å². The Bertz CT molecular complexity index is 857. The van der Waals surface area contributed by atoms with E-state index in [0.717, 1.165) is 29.8 Å². The highest BCUT2D eigenvalue weighted by Gasteiger charge is 2.23. The average molecular weight is 400 g/mol. The van der Waals surface area contributed by atoms with Gasteiger partial charge in [0.15, 0.2) is 6.10 Å². The molecule has 1 atom stereocenters. The van der Waals surface area contributed by atoms with Gasteiger partial charge in [-0.2, -0.15) is 5.26 Å². The zero-order valence-corrected chi connectivity index (χ0v) is 17.4. The van der Waals surface area contributed by atoms with Gasteiger partial charge in [0.1, 0.15) is 11.6 Å². The van der Waals surface area contributed by atoms with Crippen molar-refractivity contribution in [2.75, 3.05) is 7.05 Å². The Labute approximate surface area is 170 Å². The molecule has 1 heterocycles. The number of esters is 1. The first kappa shape index (κ1) is 22.2. The number of hydrogen-bond donors (Lipinski definition) is 2. The van der Waals surface area contributed by atoms with Gasteiger partial charge in [-0.1, -0.05) is 19.3 Å². The molecular formula is C21H28N4O4. The van der Waals surface area contributed by atoms with Crippen LogP contribution in [-0.2, 0) is 14.3 Å². The van der Waals surface area contributed by atoms with E-state index in [2.05, 4.69) is 9.88 Å². The van der Waals surface area contributed by atoms with E-state index in [1.807, 2.05) is 31.3 Å². The summed E-state index contributed by atoms with van der Waals surface area (Å²) in [4.78, 5) is 35.4. The molecule has 0 unspecified atom stereocenters. The molecule has 0 spiro atoms. The molecule has 0 aliphatic heterocycles. The molecule has 0 aromatic carbocycles. The highest BCUT2D eigenvalue weighted by molar-refractivity contribution is 6.01. The van der Waals surface area contributed by atoms with Gasteiger partial charge >= 0.3 is 12.0 Å². The van der Waals surface area contributed by atoms with E-state index < -0.39 is 24.0 Å². The number of hydrogen-bond acceptors (Lipinski definition) is 5. The maximum Gasteiger partial charge on any atom is 0.349 e. The summed E-state index contributed by atoms with van der Waals surface area (Å²) in [5, 5.41) is 13.7. The van der Waals surface area contributed by atoms with Crippen LogP contribution in [0.25, 0.3) is 6.08 Å². The van der Waals surface area contributed by atoms with Gasteiger partial charge in [0.05, 0.1) is 0 Å². The minimum atomic E-state index is -1.22. The maximum absolute atomic E-state index is 12.4. The van der Waals surface area contributed by atoms with Crippen LogP contribution in [0.2, 0.25) is 0 Å². The molecule has 1 aliphatic carbocycles. The molecule has 0 saturated heterocycles. The van der Waals surface area contributed by atoms with Crippen molar-refractivity contribution in [2.24, 2.45) is 0 Å². The highest BCUT2D eigenvalue weighted by atomic mass is 16.5. The molecule has 0 bridgehead atoms. The number of imide groups is 1. The lowest BCUT2D eigenvalue weighted by Gasteiger charge is -2.26. The Hall–Kier alpha value is -3.08.